The van der Waals surface area contributed by atoms with Crippen LogP contribution < -0.4 is 5.32 Å². The minimum Gasteiger partial charge on any atom is -0.338 e. The first kappa shape index (κ1) is 20.2. The molecule has 1 N–H and O–H groups in total. The van der Waals surface area contributed by atoms with Crippen molar-refractivity contribution in [2.45, 2.75) is 13.1 Å². The molecule has 2 amide bonds. The highest BCUT2D eigenvalue weighted by atomic mass is 16.2. The molecule has 6 nitrogen and oxygen atoms in total. The maximum absolute atomic E-state index is 12.8. The maximum atomic E-state index is 12.8. The number of nitrogens with one attached hydrogen (secondary N) is 1. The molecule has 2 heterocycles. The molecule has 0 saturated carbocycles. The first-order valence-electron chi connectivity index (χ1n) is 10.6. The van der Waals surface area contributed by atoms with E-state index in [2.05, 4.69) is 52.8 Å². The summed E-state index contributed by atoms with van der Waals surface area (Å²) in [5, 5.41) is 5.27. The predicted octanol–water partition coefficient (Wildman–Crippen LogP) is 3.77. The molecule has 0 atom stereocenters. The van der Waals surface area contributed by atoms with Crippen LogP contribution in [0.1, 0.15) is 27.8 Å². The van der Waals surface area contributed by atoms with Gasteiger partial charge in [0, 0.05) is 38.0 Å². The highest BCUT2D eigenvalue weighted by molar-refractivity contribution is 6.06. The summed E-state index contributed by atoms with van der Waals surface area (Å²) in [6.07, 6.45) is 9.29. The molecule has 2 aromatic carbocycles. The molecule has 160 valence electrons. The monoisotopic (exact) mass is 424 g/mol. The van der Waals surface area contributed by atoms with Gasteiger partial charge >= 0.3 is 0 Å². The van der Waals surface area contributed by atoms with Gasteiger partial charge in [-0.2, -0.15) is 0 Å². The van der Waals surface area contributed by atoms with Gasteiger partial charge in [0.05, 0.1) is 6.54 Å². The number of anilines is 1. The number of hydrogen-bond donors (Lipinski definition) is 1. The van der Waals surface area contributed by atoms with Gasteiger partial charge in [-0.05, 0) is 52.2 Å². The number of amides is 2. The summed E-state index contributed by atoms with van der Waals surface area (Å²) in [5.41, 5.74) is 5.34. The van der Waals surface area contributed by atoms with Crippen molar-refractivity contribution in [3.05, 3.63) is 76.5 Å². The number of rotatable bonds is 4. The Morgan fingerprint density at radius 3 is 2.84 bits per heavy atom. The zero-order valence-corrected chi connectivity index (χ0v) is 18.1. The fraction of sp³-hybridized carbons (Fsp3) is 0.192. The second kappa shape index (κ2) is 8.05. The Hall–Kier alpha value is -3.77. The summed E-state index contributed by atoms with van der Waals surface area (Å²) in [6.45, 7) is 1.48. The summed E-state index contributed by atoms with van der Waals surface area (Å²) in [4.78, 5) is 32.6. The maximum Gasteiger partial charge on any atom is 0.246 e. The molecule has 1 aliphatic heterocycles. The number of likely N-dealkylation sites (N-methyl/N-ethyl adjacent to an activating group) is 2. The molecule has 2 aliphatic rings. The quantitative estimate of drug-likeness (QED) is 0.507. The Kier molecular flexibility index (Phi) is 5.07. The Bertz CT molecular complexity index is 1300. The van der Waals surface area contributed by atoms with Crippen molar-refractivity contribution in [1.82, 2.24) is 14.8 Å². The normalized spacial score (nSPS) is 15.1. The van der Waals surface area contributed by atoms with E-state index in [0.717, 1.165) is 16.7 Å². The minimum atomic E-state index is -0.0771. The number of pyridine rings is 1. The molecule has 3 aromatic rings. The fourth-order valence-corrected chi connectivity index (χ4v) is 4.36. The summed E-state index contributed by atoms with van der Waals surface area (Å²) in [7, 11) is 3.71. The highest BCUT2D eigenvalue weighted by Crippen LogP contribution is 2.33. The lowest BCUT2D eigenvalue weighted by molar-refractivity contribution is -0.125. The number of benzene rings is 2. The molecule has 0 spiro atoms. The number of carbonyl (C=O) groups is 2. The SMILES string of the molecule is CN1CC(=O)Nc2ncc(/C=C/C(=O)N(C)Cc3ccc4c5c(cccc35)C=C4)cc2C1. The third kappa shape index (κ3) is 3.81. The van der Waals surface area contributed by atoms with Crippen molar-refractivity contribution in [3.8, 4) is 0 Å². The van der Waals surface area contributed by atoms with Crippen molar-refractivity contribution in [2.75, 3.05) is 26.0 Å². The lowest BCUT2D eigenvalue weighted by Gasteiger charge is -2.17. The van der Waals surface area contributed by atoms with E-state index in [1.54, 1.807) is 23.2 Å². The van der Waals surface area contributed by atoms with E-state index >= 15 is 0 Å². The summed E-state index contributed by atoms with van der Waals surface area (Å²) in [6, 6.07) is 12.5. The average Bonchev–Trinajstić information content (AvgIpc) is 3.13. The van der Waals surface area contributed by atoms with Crippen molar-refractivity contribution in [3.63, 3.8) is 0 Å². The Morgan fingerprint density at radius 1 is 1.19 bits per heavy atom. The van der Waals surface area contributed by atoms with Crippen LogP contribution in [0.15, 0.2) is 48.7 Å². The molecular weight excluding hydrogens is 400 g/mol. The van der Waals surface area contributed by atoms with Gasteiger partial charge in [-0.1, -0.05) is 42.5 Å². The number of hydrogen-bond acceptors (Lipinski definition) is 4. The molecular formula is C26H24N4O2. The van der Waals surface area contributed by atoms with Gasteiger partial charge in [-0.25, -0.2) is 4.98 Å². The Balaban J connectivity index is 1.32. The summed E-state index contributed by atoms with van der Waals surface area (Å²) >= 11 is 0. The van der Waals surface area contributed by atoms with E-state index in [9.17, 15) is 9.59 Å². The Labute approximate surface area is 186 Å². The van der Waals surface area contributed by atoms with E-state index < -0.39 is 0 Å². The van der Waals surface area contributed by atoms with Gasteiger partial charge in [0.15, 0.2) is 0 Å². The number of fused-ring (bicyclic) bond motifs is 1. The minimum absolute atomic E-state index is 0.0716. The molecule has 6 heteroatoms. The van der Waals surface area contributed by atoms with Crippen molar-refractivity contribution in [2.24, 2.45) is 0 Å². The zero-order valence-electron chi connectivity index (χ0n) is 18.1. The number of aromatic nitrogens is 1. The molecule has 0 unspecified atom stereocenters. The van der Waals surface area contributed by atoms with Gasteiger partial charge in [0.1, 0.15) is 5.82 Å². The number of carbonyl (C=O) groups excluding carboxylic acids is 2. The van der Waals surface area contributed by atoms with E-state index in [1.807, 2.05) is 25.1 Å². The fourth-order valence-electron chi connectivity index (χ4n) is 4.36. The second-order valence-electron chi connectivity index (χ2n) is 8.44. The molecule has 0 saturated heterocycles. The van der Waals surface area contributed by atoms with Gasteiger partial charge < -0.3 is 10.2 Å². The van der Waals surface area contributed by atoms with Crippen LogP contribution in [0.3, 0.4) is 0 Å². The van der Waals surface area contributed by atoms with Crippen molar-refractivity contribution < 1.29 is 9.59 Å². The van der Waals surface area contributed by atoms with E-state index in [0.29, 0.717) is 25.5 Å². The van der Waals surface area contributed by atoms with Crippen LogP contribution in [0.4, 0.5) is 5.82 Å². The van der Waals surface area contributed by atoms with Gasteiger partial charge in [-0.3, -0.25) is 14.5 Å². The van der Waals surface area contributed by atoms with Crippen LogP contribution in [0.2, 0.25) is 0 Å². The first-order valence-corrected chi connectivity index (χ1v) is 10.6. The van der Waals surface area contributed by atoms with Crippen molar-refractivity contribution >= 4 is 46.6 Å². The molecule has 1 aromatic heterocycles. The summed E-state index contributed by atoms with van der Waals surface area (Å²) < 4.78 is 0. The summed E-state index contributed by atoms with van der Waals surface area (Å²) in [5.74, 6) is 0.436. The first-order chi connectivity index (χ1) is 15.5. The van der Waals surface area contributed by atoms with Crippen LogP contribution >= 0.6 is 0 Å². The van der Waals surface area contributed by atoms with E-state index in [4.69, 9.17) is 0 Å². The smallest absolute Gasteiger partial charge is 0.246 e. The third-order valence-electron chi connectivity index (χ3n) is 5.94. The molecule has 5 rings (SSSR count). The standard InChI is InChI=1S/C26H24N4O2/c1-29-14-21-12-17(13-27-26(21)28-23(31)16-29)6-11-24(32)30(2)15-20-10-9-19-8-7-18-4-3-5-22(20)25(18)19/h3-13H,14-16H2,1-2H3,(H,27,28,31)/b11-6+. The van der Waals surface area contributed by atoms with Crippen LogP contribution in [0.25, 0.3) is 29.0 Å². The van der Waals surface area contributed by atoms with Gasteiger partial charge in [-0.15, -0.1) is 0 Å². The molecule has 32 heavy (non-hydrogen) atoms. The Morgan fingerprint density at radius 2 is 2.00 bits per heavy atom. The lowest BCUT2D eigenvalue weighted by Crippen LogP contribution is -2.26. The van der Waals surface area contributed by atoms with Crippen LogP contribution in [-0.2, 0) is 22.7 Å². The van der Waals surface area contributed by atoms with Gasteiger partial charge in [0.2, 0.25) is 11.8 Å². The predicted molar refractivity (Wildman–Crippen MR) is 128 cm³/mol. The zero-order chi connectivity index (χ0) is 22.2. The average molecular weight is 425 g/mol. The number of nitrogens with zero attached hydrogens (tertiary/aromatic N) is 3. The van der Waals surface area contributed by atoms with Crippen LogP contribution in [0, 0.1) is 0 Å². The van der Waals surface area contributed by atoms with Gasteiger partial charge in [0.25, 0.3) is 0 Å². The molecule has 0 radical (unpaired) electrons. The van der Waals surface area contributed by atoms with E-state index in [1.165, 1.54) is 21.9 Å². The molecule has 0 bridgehead atoms. The van der Waals surface area contributed by atoms with Crippen LogP contribution in [0.5, 0.6) is 0 Å². The molecule has 0 fully saturated rings. The second-order valence-corrected chi connectivity index (χ2v) is 8.44. The highest BCUT2D eigenvalue weighted by Gasteiger charge is 2.18. The van der Waals surface area contributed by atoms with Crippen LogP contribution in [-0.4, -0.2) is 47.2 Å². The molecule has 1 aliphatic carbocycles. The third-order valence-corrected chi connectivity index (χ3v) is 5.94. The van der Waals surface area contributed by atoms with E-state index in [-0.39, 0.29) is 11.8 Å². The largest absolute Gasteiger partial charge is 0.338 e. The van der Waals surface area contributed by atoms with Crippen molar-refractivity contribution in [1.29, 1.82) is 0 Å². The topological polar surface area (TPSA) is 65.5 Å². The lowest BCUT2D eigenvalue weighted by atomic mass is 9.99.